The van der Waals surface area contributed by atoms with Crippen molar-refractivity contribution >= 4 is 11.8 Å². The predicted molar refractivity (Wildman–Crippen MR) is 157 cm³/mol. The topological polar surface area (TPSA) is 101 Å². The van der Waals surface area contributed by atoms with Crippen LogP contribution in [0.2, 0.25) is 0 Å². The molecular weight excluding hydrogens is 508 g/mol. The number of amides is 2. The second-order valence-corrected chi connectivity index (χ2v) is 10.5. The number of hydrogen-bond acceptors (Lipinski definition) is 7. The van der Waals surface area contributed by atoms with E-state index in [2.05, 4.69) is 16.0 Å². The molecule has 1 aliphatic heterocycles. The Morgan fingerprint density at radius 1 is 1.05 bits per heavy atom. The molecule has 3 rings (SSSR count). The molecule has 0 saturated carbocycles. The smallest absolute Gasteiger partial charge is 0.254 e. The van der Waals surface area contributed by atoms with Gasteiger partial charge in [0.2, 0.25) is 5.91 Å². The molecule has 2 amide bonds. The average molecular weight is 555 g/mol. The lowest BCUT2D eigenvalue weighted by molar-refractivity contribution is -0.123. The zero-order valence-corrected chi connectivity index (χ0v) is 24.6. The van der Waals surface area contributed by atoms with E-state index in [1.54, 1.807) is 32.4 Å². The maximum absolute atomic E-state index is 13.7. The predicted octanol–water partition coefficient (Wildman–Crippen LogP) is 3.23. The van der Waals surface area contributed by atoms with Crippen LogP contribution in [0.3, 0.4) is 0 Å². The third-order valence-electron chi connectivity index (χ3n) is 7.27. The van der Waals surface area contributed by atoms with E-state index in [0.29, 0.717) is 49.8 Å². The zero-order valence-electron chi connectivity index (χ0n) is 24.6. The summed E-state index contributed by atoms with van der Waals surface area (Å²) in [6.07, 6.45) is 1.41. The number of carbonyl (C=O) groups is 2. The van der Waals surface area contributed by atoms with Crippen LogP contribution in [0.1, 0.15) is 49.5 Å². The highest BCUT2D eigenvalue weighted by atomic mass is 16.5. The third kappa shape index (κ3) is 8.94. The van der Waals surface area contributed by atoms with Gasteiger partial charge in [-0.3, -0.25) is 9.59 Å². The first-order valence-electron chi connectivity index (χ1n) is 14.3. The Labute approximate surface area is 238 Å². The van der Waals surface area contributed by atoms with Gasteiger partial charge in [-0.15, -0.1) is 0 Å². The Morgan fingerprint density at radius 3 is 2.50 bits per heavy atom. The molecule has 0 aromatic heterocycles. The van der Waals surface area contributed by atoms with Crippen molar-refractivity contribution < 1.29 is 23.8 Å². The standard InChI is InChI=1S/C31H46N4O5/c1-6-26(30(36)33-18-23-11-8-7-9-12-23)34-27-20-32-19-25(27)21-35(22(2)3)31(37)24-13-14-28(39-5)29(17-24)40-16-10-15-38-4/h7-9,11-14,17,22,25-27,32,34H,6,10,15-16,18-21H2,1-5H3,(H,33,36)/t25-,26?,27+/m0/s1. The highest BCUT2D eigenvalue weighted by Crippen LogP contribution is 2.29. The molecule has 1 heterocycles. The van der Waals surface area contributed by atoms with E-state index in [9.17, 15) is 9.59 Å². The van der Waals surface area contributed by atoms with Crippen LogP contribution in [0.25, 0.3) is 0 Å². The fourth-order valence-electron chi connectivity index (χ4n) is 4.92. The number of rotatable bonds is 16. The van der Waals surface area contributed by atoms with E-state index in [4.69, 9.17) is 14.2 Å². The number of nitrogens with zero attached hydrogens (tertiary/aromatic N) is 1. The van der Waals surface area contributed by atoms with Gasteiger partial charge in [-0.2, -0.15) is 0 Å². The molecule has 3 N–H and O–H groups in total. The first-order valence-corrected chi connectivity index (χ1v) is 14.3. The Kier molecular flexibility index (Phi) is 12.7. The van der Waals surface area contributed by atoms with Crippen molar-refractivity contribution in [2.45, 2.75) is 58.3 Å². The molecule has 0 bridgehead atoms. The van der Waals surface area contributed by atoms with Gasteiger partial charge < -0.3 is 35.1 Å². The van der Waals surface area contributed by atoms with Crippen LogP contribution in [0.5, 0.6) is 11.5 Å². The van der Waals surface area contributed by atoms with Crippen LogP contribution in [0, 0.1) is 5.92 Å². The van der Waals surface area contributed by atoms with Crippen LogP contribution < -0.4 is 25.4 Å². The number of benzene rings is 2. The van der Waals surface area contributed by atoms with E-state index >= 15 is 0 Å². The van der Waals surface area contributed by atoms with Crippen LogP contribution in [-0.4, -0.2) is 81.9 Å². The Bertz CT molecular complexity index is 1060. The van der Waals surface area contributed by atoms with Gasteiger partial charge in [0, 0.05) is 69.9 Å². The molecule has 0 radical (unpaired) electrons. The summed E-state index contributed by atoms with van der Waals surface area (Å²) in [6, 6.07) is 15.0. The molecule has 3 atom stereocenters. The second kappa shape index (κ2) is 16.2. The van der Waals surface area contributed by atoms with Crippen molar-refractivity contribution in [2.24, 2.45) is 5.92 Å². The van der Waals surface area contributed by atoms with Gasteiger partial charge in [0.15, 0.2) is 11.5 Å². The molecule has 1 unspecified atom stereocenters. The minimum Gasteiger partial charge on any atom is -0.493 e. The Balaban J connectivity index is 1.65. The van der Waals surface area contributed by atoms with E-state index in [1.807, 2.05) is 56.0 Å². The van der Waals surface area contributed by atoms with Gasteiger partial charge in [0.1, 0.15) is 0 Å². The number of nitrogens with one attached hydrogen (secondary N) is 3. The normalized spacial score (nSPS) is 17.4. The van der Waals surface area contributed by atoms with Gasteiger partial charge in [-0.25, -0.2) is 0 Å². The van der Waals surface area contributed by atoms with Crippen molar-refractivity contribution in [3.8, 4) is 11.5 Å². The molecule has 2 aromatic rings. The van der Waals surface area contributed by atoms with Crippen molar-refractivity contribution in [3.05, 3.63) is 59.7 Å². The van der Waals surface area contributed by atoms with Gasteiger partial charge in [-0.05, 0) is 44.0 Å². The summed E-state index contributed by atoms with van der Waals surface area (Å²) in [4.78, 5) is 28.6. The largest absolute Gasteiger partial charge is 0.493 e. The van der Waals surface area contributed by atoms with Crippen molar-refractivity contribution in [1.29, 1.82) is 0 Å². The summed E-state index contributed by atoms with van der Waals surface area (Å²) >= 11 is 0. The number of hydrogen-bond donors (Lipinski definition) is 3. The number of carbonyl (C=O) groups excluding carboxylic acids is 2. The van der Waals surface area contributed by atoms with Gasteiger partial charge in [-0.1, -0.05) is 37.3 Å². The molecule has 9 heteroatoms. The maximum atomic E-state index is 13.7. The van der Waals surface area contributed by atoms with Crippen LogP contribution >= 0.6 is 0 Å². The lowest BCUT2D eigenvalue weighted by Crippen LogP contribution is -2.52. The Hall–Kier alpha value is -3.14. The summed E-state index contributed by atoms with van der Waals surface area (Å²) in [5, 5.41) is 10.1. The van der Waals surface area contributed by atoms with E-state index in [0.717, 1.165) is 25.1 Å². The fourth-order valence-corrected chi connectivity index (χ4v) is 4.92. The summed E-state index contributed by atoms with van der Waals surface area (Å²) in [7, 11) is 3.24. The van der Waals surface area contributed by atoms with E-state index in [-0.39, 0.29) is 35.9 Å². The summed E-state index contributed by atoms with van der Waals surface area (Å²) < 4.78 is 16.4. The molecule has 0 spiro atoms. The molecular formula is C31H46N4O5. The highest BCUT2D eigenvalue weighted by molar-refractivity contribution is 5.95. The van der Waals surface area contributed by atoms with Gasteiger partial charge in [0.25, 0.3) is 5.91 Å². The van der Waals surface area contributed by atoms with Crippen molar-refractivity contribution in [1.82, 2.24) is 20.9 Å². The minimum atomic E-state index is -0.307. The highest BCUT2D eigenvalue weighted by Gasteiger charge is 2.34. The molecule has 1 aliphatic rings. The Morgan fingerprint density at radius 2 is 1.82 bits per heavy atom. The monoisotopic (exact) mass is 554 g/mol. The maximum Gasteiger partial charge on any atom is 0.254 e. The molecule has 40 heavy (non-hydrogen) atoms. The van der Waals surface area contributed by atoms with E-state index < -0.39 is 0 Å². The molecule has 9 nitrogen and oxygen atoms in total. The molecule has 1 saturated heterocycles. The van der Waals surface area contributed by atoms with Crippen molar-refractivity contribution in [2.75, 3.05) is 47.1 Å². The molecule has 0 aliphatic carbocycles. The average Bonchev–Trinajstić information content (AvgIpc) is 3.42. The minimum absolute atomic E-state index is 0.00179. The van der Waals surface area contributed by atoms with Gasteiger partial charge in [0.05, 0.1) is 19.8 Å². The number of methoxy groups -OCH3 is 2. The zero-order chi connectivity index (χ0) is 28.9. The van der Waals surface area contributed by atoms with Crippen molar-refractivity contribution in [3.63, 3.8) is 0 Å². The number of ether oxygens (including phenoxy) is 3. The van der Waals surface area contributed by atoms with Gasteiger partial charge >= 0.3 is 0 Å². The summed E-state index contributed by atoms with van der Waals surface area (Å²) in [5.41, 5.74) is 1.62. The van der Waals surface area contributed by atoms with E-state index in [1.165, 1.54) is 0 Å². The quantitative estimate of drug-likeness (QED) is 0.274. The molecule has 2 aromatic carbocycles. The SMILES string of the molecule is CCC(N[C@@H]1CNC[C@H]1CN(C(=O)c1ccc(OC)c(OCCCOC)c1)C(C)C)C(=O)NCc1ccccc1. The third-order valence-corrected chi connectivity index (χ3v) is 7.27. The second-order valence-electron chi connectivity index (χ2n) is 10.5. The molecule has 1 fully saturated rings. The lowest BCUT2D eigenvalue weighted by Gasteiger charge is -2.33. The summed E-state index contributed by atoms with van der Waals surface area (Å²) in [5.74, 6) is 1.22. The van der Waals surface area contributed by atoms with Crippen LogP contribution in [0.4, 0.5) is 0 Å². The fraction of sp³-hybridized carbons (Fsp3) is 0.548. The summed E-state index contributed by atoms with van der Waals surface area (Å²) in [6.45, 7) is 9.72. The van der Waals surface area contributed by atoms with Crippen LogP contribution in [-0.2, 0) is 16.1 Å². The first kappa shape index (κ1) is 31.4. The first-order chi connectivity index (χ1) is 19.4. The van der Waals surface area contributed by atoms with Crippen LogP contribution in [0.15, 0.2) is 48.5 Å². The molecule has 220 valence electrons. The lowest BCUT2D eigenvalue weighted by atomic mass is 9.99.